The van der Waals surface area contributed by atoms with Crippen molar-refractivity contribution in [1.29, 1.82) is 0 Å². The summed E-state index contributed by atoms with van der Waals surface area (Å²) in [6, 6.07) is 0. The summed E-state index contributed by atoms with van der Waals surface area (Å²) in [4.78, 5) is 15.4. The molecule has 0 aliphatic carbocycles. The van der Waals surface area contributed by atoms with Crippen LogP contribution >= 0.6 is 0 Å². The lowest BCUT2D eigenvalue weighted by atomic mass is 10.1. The van der Waals surface area contributed by atoms with Crippen molar-refractivity contribution in [2.75, 3.05) is 0 Å². The van der Waals surface area contributed by atoms with E-state index in [2.05, 4.69) is 10.3 Å². The Morgan fingerprint density at radius 2 is 2.50 bits per heavy atom. The number of oxime groups is 1. The largest absolute Gasteiger partial charge is 0.546 e. The predicted molar refractivity (Wildman–Crippen MR) is 53.7 cm³/mol. The van der Waals surface area contributed by atoms with E-state index in [9.17, 15) is 9.90 Å². The fourth-order valence-corrected chi connectivity index (χ4v) is 1.63. The second kappa shape index (κ2) is 3.96. The third kappa shape index (κ3) is 1.78. The number of aliphatic carboxylic acids is 1. The van der Waals surface area contributed by atoms with Crippen LogP contribution in [0.25, 0.3) is 0 Å². The molecule has 1 aliphatic heterocycles. The molecule has 0 aromatic carbocycles. The SMILES string of the molecule is CCn1cc(C2=NO[C@H](C(=O)[O-])C2)c(C)n1. The van der Waals surface area contributed by atoms with E-state index < -0.39 is 12.1 Å². The average molecular weight is 222 g/mol. The topological polar surface area (TPSA) is 79.5 Å². The zero-order chi connectivity index (χ0) is 11.7. The number of rotatable bonds is 3. The van der Waals surface area contributed by atoms with Crippen molar-refractivity contribution in [3.8, 4) is 0 Å². The van der Waals surface area contributed by atoms with Gasteiger partial charge in [0.1, 0.15) is 0 Å². The molecule has 0 bridgehead atoms. The summed E-state index contributed by atoms with van der Waals surface area (Å²) in [5, 5.41) is 18.6. The van der Waals surface area contributed by atoms with Gasteiger partial charge in [-0.25, -0.2) is 0 Å². The van der Waals surface area contributed by atoms with Crippen LogP contribution < -0.4 is 5.11 Å². The molecule has 0 spiro atoms. The second-order valence-corrected chi connectivity index (χ2v) is 3.64. The molecular weight excluding hydrogens is 210 g/mol. The lowest BCUT2D eigenvalue weighted by Crippen LogP contribution is -2.35. The van der Waals surface area contributed by atoms with Crippen LogP contribution in [0.4, 0.5) is 0 Å². The first kappa shape index (κ1) is 10.7. The number of hydrogen-bond donors (Lipinski definition) is 0. The Labute approximate surface area is 92.5 Å². The number of carboxylic acid groups (broad SMARTS) is 1. The molecule has 0 saturated carbocycles. The van der Waals surface area contributed by atoms with E-state index in [-0.39, 0.29) is 6.42 Å². The van der Waals surface area contributed by atoms with Gasteiger partial charge >= 0.3 is 0 Å². The first-order valence-corrected chi connectivity index (χ1v) is 5.09. The molecule has 1 atom stereocenters. The van der Waals surface area contributed by atoms with Crippen LogP contribution in [-0.2, 0) is 16.2 Å². The van der Waals surface area contributed by atoms with E-state index in [0.29, 0.717) is 5.71 Å². The molecule has 16 heavy (non-hydrogen) atoms. The summed E-state index contributed by atoms with van der Waals surface area (Å²) in [5.41, 5.74) is 2.28. The van der Waals surface area contributed by atoms with Gasteiger partial charge in [0.05, 0.1) is 17.4 Å². The number of hydrogen-bond acceptors (Lipinski definition) is 5. The third-order valence-corrected chi connectivity index (χ3v) is 2.51. The fourth-order valence-electron chi connectivity index (χ4n) is 1.63. The first-order valence-electron chi connectivity index (χ1n) is 5.09. The van der Waals surface area contributed by atoms with Gasteiger partial charge in [0.15, 0.2) is 6.10 Å². The van der Waals surface area contributed by atoms with Gasteiger partial charge in [-0.2, -0.15) is 5.10 Å². The van der Waals surface area contributed by atoms with Crippen LogP contribution in [-0.4, -0.2) is 27.6 Å². The summed E-state index contributed by atoms with van der Waals surface area (Å²) >= 11 is 0. The van der Waals surface area contributed by atoms with E-state index >= 15 is 0 Å². The average Bonchev–Trinajstić information content (AvgIpc) is 2.83. The summed E-state index contributed by atoms with van der Waals surface area (Å²) in [6.45, 7) is 4.60. The van der Waals surface area contributed by atoms with Crippen LogP contribution in [0.2, 0.25) is 0 Å². The Hall–Kier alpha value is -1.85. The maximum absolute atomic E-state index is 10.6. The van der Waals surface area contributed by atoms with Crippen molar-refractivity contribution >= 4 is 11.7 Å². The molecule has 6 nitrogen and oxygen atoms in total. The molecule has 6 heteroatoms. The van der Waals surface area contributed by atoms with E-state index in [1.165, 1.54) is 0 Å². The quantitative estimate of drug-likeness (QED) is 0.687. The first-order chi connectivity index (χ1) is 7.61. The fraction of sp³-hybridized carbons (Fsp3) is 0.500. The van der Waals surface area contributed by atoms with Gasteiger partial charge in [-0.15, -0.1) is 0 Å². The number of aromatic nitrogens is 2. The van der Waals surface area contributed by atoms with Gasteiger partial charge in [-0.3, -0.25) is 4.68 Å². The highest BCUT2D eigenvalue weighted by Crippen LogP contribution is 2.18. The Kier molecular flexibility index (Phi) is 2.64. The molecule has 1 aromatic heterocycles. The van der Waals surface area contributed by atoms with Crippen molar-refractivity contribution in [3.63, 3.8) is 0 Å². The molecule has 0 radical (unpaired) electrons. The molecule has 0 N–H and O–H groups in total. The van der Waals surface area contributed by atoms with Gasteiger partial charge in [-0.1, -0.05) is 5.16 Å². The smallest absolute Gasteiger partial charge is 0.172 e. The minimum Gasteiger partial charge on any atom is -0.546 e. The predicted octanol–water partition coefficient (Wildman–Crippen LogP) is -0.546. The minimum atomic E-state index is -1.24. The van der Waals surface area contributed by atoms with Crippen LogP contribution in [0.15, 0.2) is 11.4 Å². The summed E-state index contributed by atoms with van der Waals surface area (Å²) < 4.78 is 1.78. The third-order valence-electron chi connectivity index (χ3n) is 2.51. The Morgan fingerprint density at radius 3 is 3.00 bits per heavy atom. The molecule has 0 saturated heterocycles. The summed E-state index contributed by atoms with van der Waals surface area (Å²) in [7, 11) is 0. The van der Waals surface area contributed by atoms with E-state index in [1.54, 1.807) is 4.68 Å². The zero-order valence-electron chi connectivity index (χ0n) is 9.14. The minimum absolute atomic E-state index is 0.235. The maximum Gasteiger partial charge on any atom is 0.172 e. The number of carbonyl (C=O) groups is 1. The number of carbonyl (C=O) groups excluding carboxylic acids is 1. The summed E-state index contributed by atoms with van der Waals surface area (Å²) in [6.07, 6.45) is 1.10. The molecule has 2 rings (SSSR count). The van der Waals surface area contributed by atoms with E-state index in [4.69, 9.17) is 4.84 Å². The molecule has 0 fully saturated rings. The van der Waals surface area contributed by atoms with Gasteiger partial charge < -0.3 is 14.7 Å². The Balaban J connectivity index is 2.20. The van der Waals surface area contributed by atoms with Crippen molar-refractivity contribution in [2.45, 2.75) is 32.9 Å². The van der Waals surface area contributed by atoms with Gasteiger partial charge in [0.2, 0.25) is 0 Å². The van der Waals surface area contributed by atoms with Crippen LogP contribution in [0.5, 0.6) is 0 Å². The normalized spacial score (nSPS) is 19.4. The monoisotopic (exact) mass is 222 g/mol. The molecule has 0 amide bonds. The van der Waals surface area contributed by atoms with Crippen molar-refractivity contribution < 1.29 is 14.7 Å². The summed E-state index contributed by atoms with van der Waals surface area (Å²) in [5.74, 6) is -1.24. The van der Waals surface area contributed by atoms with E-state index in [0.717, 1.165) is 17.8 Å². The zero-order valence-corrected chi connectivity index (χ0v) is 9.14. The highest BCUT2D eigenvalue weighted by Gasteiger charge is 2.25. The lowest BCUT2D eigenvalue weighted by molar-refractivity contribution is -0.315. The Bertz CT molecular complexity index is 450. The van der Waals surface area contributed by atoms with Crippen molar-refractivity contribution in [2.24, 2.45) is 5.16 Å². The van der Waals surface area contributed by atoms with E-state index in [1.807, 2.05) is 20.0 Å². The van der Waals surface area contributed by atoms with Gasteiger partial charge in [0, 0.05) is 24.7 Å². The molecule has 1 aromatic rings. The van der Waals surface area contributed by atoms with Crippen LogP contribution in [0, 0.1) is 6.92 Å². The van der Waals surface area contributed by atoms with Gasteiger partial charge in [0.25, 0.3) is 0 Å². The van der Waals surface area contributed by atoms with Crippen molar-refractivity contribution in [3.05, 3.63) is 17.5 Å². The number of aryl methyl sites for hydroxylation is 2. The number of carboxylic acids is 1. The molecular formula is C10H12N3O3-. The number of nitrogens with zero attached hydrogens (tertiary/aromatic N) is 3. The lowest BCUT2D eigenvalue weighted by Gasteiger charge is -2.07. The second-order valence-electron chi connectivity index (χ2n) is 3.64. The van der Waals surface area contributed by atoms with Crippen LogP contribution in [0.3, 0.4) is 0 Å². The molecule has 2 heterocycles. The maximum atomic E-state index is 10.6. The highest BCUT2D eigenvalue weighted by atomic mass is 16.7. The standard InChI is InChI=1S/C10H13N3O3/c1-3-13-5-7(6(2)11-13)8-4-9(10(14)15)16-12-8/h5,9H,3-4H2,1-2H3,(H,14,15)/p-1/t9-/m0/s1. The highest BCUT2D eigenvalue weighted by molar-refractivity contribution is 6.03. The molecule has 86 valence electrons. The Morgan fingerprint density at radius 1 is 1.75 bits per heavy atom. The molecule has 1 aliphatic rings. The van der Waals surface area contributed by atoms with Gasteiger partial charge in [-0.05, 0) is 13.8 Å². The van der Waals surface area contributed by atoms with Crippen molar-refractivity contribution in [1.82, 2.24) is 9.78 Å². The van der Waals surface area contributed by atoms with Crippen LogP contribution in [0.1, 0.15) is 24.6 Å². The molecule has 0 unspecified atom stereocenters.